The number of hydrogen-bond donors (Lipinski definition) is 0. The van der Waals surface area contributed by atoms with Crippen molar-refractivity contribution >= 4 is 34.4 Å². The van der Waals surface area contributed by atoms with E-state index in [-0.39, 0.29) is 11.8 Å². The van der Waals surface area contributed by atoms with Crippen LogP contribution in [0.2, 0.25) is 5.02 Å². The Hall–Kier alpha value is -3.45. The summed E-state index contributed by atoms with van der Waals surface area (Å²) in [7, 11) is 0. The van der Waals surface area contributed by atoms with Gasteiger partial charge in [-0.25, -0.2) is 14.6 Å². The van der Waals surface area contributed by atoms with Crippen molar-refractivity contribution in [2.24, 2.45) is 5.92 Å². The summed E-state index contributed by atoms with van der Waals surface area (Å²) >= 11 is 6.30. The molecule has 0 aliphatic carbocycles. The summed E-state index contributed by atoms with van der Waals surface area (Å²) in [5.41, 5.74) is 2.75. The molecule has 1 amide bonds. The number of nitrogens with zero attached hydrogens (tertiary/aromatic N) is 6. The molecule has 204 valence electrons. The van der Waals surface area contributed by atoms with Crippen LogP contribution in [0.5, 0.6) is 0 Å². The lowest BCUT2D eigenvalue weighted by Crippen LogP contribution is -2.38. The maximum atomic E-state index is 13.6. The first kappa shape index (κ1) is 27.1. The standard InChI is InChI=1S/C31H37ClN6O/c1-4-26(23-10-6-5-7-11-23)31(39)37-17-9-16-36(18-19-37)29-27-21-33-38(25-13-8-12-24(32)20-25)30(27)35-28(34-29)15-14-22(2)3/h5-8,10-13,20-22,26H,4,9,14-19H2,1-3H3. The van der Waals surface area contributed by atoms with Crippen molar-refractivity contribution in [3.8, 4) is 5.69 Å². The molecule has 4 aromatic rings. The van der Waals surface area contributed by atoms with Crippen molar-refractivity contribution < 1.29 is 4.79 Å². The summed E-state index contributed by atoms with van der Waals surface area (Å²) in [6.07, 6.45) is 5.34. The Morgan fingerprint density at radius 2 is 1.82 bits per heavy atom. The number of fused-ring (bicyclic) bond motifs is 1. The molecule has 1 unspecified atom stereocenters. The predicted octanol–water partition coefficient (Wildman–Crippen LogP) is 6.29. The van der Waals surface area contributed by atoms with Crippen LogP contribution in [-0.4, -0.2) is 56.7 Å². The maximum absolute atomic E-state index is 13.6. The Balaban J connectivity index is 1.44. The number of benzene rings is 2. The van der Waals surface area contributed by atoms with Crippen LogP contribution in [0.1, 0.15) is 57.3 Å². The Labute approximate surface area is 235 Å². The molecule has 2 aromatic heterocycles. The highest BCUT2D eigenvalue weighted by molar-refractivity contribution is 6.30. The molecular weight excluding hydrogens is 508 g/mol. The Kier molecular flexibility index (Phi) is 8.46. The van der Waals surface area contributed by atoms with Crippen molar-refractivity contribution in [2.75, 3.05) is 31.1 Å². The van der Waals surface area contributed by atoms with Crippen LogP contribution in [0.25, 0.3) is 16.7 Å². The molecule has 1 fully saturated rings. The molecule has 8 heteroatoms. The van der Waals surface area contributed by atoms with Crippen molar-refractivity contribution in [1.82, 2.24) is 24.6 Å². The van der Waals surface area contributed by atoms with E-state index < -0.39 is 0 Å². The topological polar surface area (TPSA) is 67.2 Å². The van der Waals surface area contributed by atoms with Crippen LogP contribution in [0.3, 0.4) is 0 Å². The van der Waals surface area contributed by atoms with Crippen LogP contribution in [-0.2, 0) is 11.2 Å². The highest BCUT2D eigenvalue weighted by Gasteiger charge is 2.28. The van der Waals surface area contributed by atoms with Gasteiger partial charge in [-0.2, -0.15) is 5.10 Å². The minimum absolute atomic E-state index is 0.109. The van der Waals surface area contributed by atoms with Gasteiger partial charge in [0.05, 0.1) is 23.2 Å². The SMILES string of the molecule is CCC(C(=O)N1CCCN(c2nc(CCC(C)C)nc3c2cnn3-c2cccc(Cl)c2)CC1)c1ccccc1. The number of rotatable bonds is 8. The van der Waals surface area contributed by atoms with Gasteiger partial charge in [0.15, 0.2) is 5.65 Å². The number of aryl methyl sites for hydroxylation is 1. The van der Waals surface area contributed by atoms with E-state index in [0.717, 1.165) is 79.2 Å². The number of carbonyl (C=O) groups excluding carboxylic acids is 1. The number of amides is 1. The van der Waals surface area contributed by atoms with Crippen LogP contribution in [0.4, 0.5) is 5.82 Å². The zero-order chi connectivity index (χ0) is 27.4. The maximum Gasteiger partial charge on any atom is 0.230 e. The zero-order valence-corrected chi connectivity index (χ0v) is 23.8. The molecule has 5 rings (SSSR count). The summed E-state index contributed by atoms with van der Waals surface area (Å²) in [4.78, 5) is 28.0. The van der Waals surface area contributed by atoms with Gasteiger partial charge in [0.2, 0.25) is 5.91 Å². The van der Waals surface area contributed by atoms with E-state index in [1.54, 1.807) is 0 Å². The summed E-state index contributed by atoms with van der Waals surface area (Å²) in [5, 5.41) is 6.27. The number of aromatic nitrogens is 4. The highest BCUT2D eigenvalue weighted by Crippen LogP contribution is 2.29. The van der Waals surface area contributed by atoms with Crippen LogP contribution >= 0.6 is 11.6 Å². The van der Waals surface area contributed by atoms with Gasteiger partial charge in [0, 0.05) is 37.6 Å². The van der Waals surface area contributed by atoms with Gasteiger partial charge < -0.3 is 9.80 Å². The van der Waals surface area contributed by atoms with Crippen LogP contribution < -0.4 is 4.90 Å². The second-order valence-corrected chi connectivity index (χ2v) is 11.1. The molecule has 0 bridgehead atoms. The first-order valence-electron chi connectivity index (χ1n) is 14.0. The Morgan fingerprint density at radius 1 is 1.00 bits per heavy atom. The quantitative estimate of drug-likeness (QED) is 0.261. The molecule has 0 spiro atoms. The molecule has 1 saturated heterocycles. The third-order valence-electron chi connectivity index (χ3n) is 7.47. The first-order chi connectivity index (χ1) is 18.9. The third-order valence-corrected chi connectivity index (χ3v) is 7.70. The fourth-order valence-corrected chi connectivity index (χ4v) is 5.50. The number of anilines is 1. The zero-order valence-electron chi connectivity index (χ0n) is 23.1. The van der Waals surface area contributed by atoms with E-state index in [2.05, 4.69) is 37.8 Å². The van der Waals surface area contributed by atoms with E-state index in [9.17, 15) is 4.79 Å². The monoisotopic (exact) mass is 544 g/mol. The predicted molar refractivity (Wildman–Crippen MR) is 158 cm³/mol. The van der Waals surface area contributed by atoms with Crippen molar-refractivity contribution in [2.45, 2.75) is 52.4 Å². The largest absolute Gasteiger partial charge is 0.354 e. The van der Waals surface area contributed by atoms with Crippen LogP contribution in [0, 0.1) is 5.92 Å². The Bertz CT molecular complexity index is 1420. The average molecular weight is 545 g/mol. The molecule has 2 aromatic carbocycles. The van der Waals surface area contributed by atoms with Gasteiger partial charge in [-0.15, -0.1) is 0 Å². The van der Waals surface area contributed by atoms with Crippen molar-refractivity contribution in [1.29, 1.82) is 0 Å². The molecule has 39 heavy (non-hydrogen) atoms. The minimum atomic E-state index is -0.109. The van der Waals surface area contributed by atoms with Gasteiger partial charge in [-0.1, -0.05) is 68.8 Å². The molecule has 0 N–H and O–H groups in total. The van der Waals surface area contributed by atoms with Gasteiger partial charge in [0.25, 0.3) is 0 Å². The lowest BCUT2D eigenvalue weighted by Gasteiger charge is -2.26. The lowest BCUT2D eigenvalue weighted by molar-refractivity contribution is -0.132. The van der Waals surface area contributed by atoms with Crippen molar-refractivity contribution in [3.05, 3.63) is 77.2 Å². The molecular formula is C31H37ClN6O. The molecule has 0 saturated carbocycles. The first-order valence-corrected chi connectivity index (χ1v) is 14.4. The number of halogens is 1. The fourth-order valence-electron chi connectivity index (χ4n) is 5.31. The summed E-state index contributed by atoms with van der Waals surface area (Å²) in [6.45, 7) is 9.48. The normalized spacial score (nSPS) is 15.1. The smallest absolute Gasteiger partial charge is 0.230 e. The van der Waals surface area contributed by atoms with E-state index in [0.29, 0.717) is 17.5 Å². The minimum Gasteiger partial charge on any atom is -0.354 e. The summed E-state index contributed by atoms with van der Waals surface area (Å²) < 4.78 is 1.85. The second-order valence-electron chi connectivity index (χ2n) is 10.7. The molecule has 0 radical (unpaired) electrons. The average Bonchev–Trinajstić information content (AvgIpc) is 3.21. The van der Waals surface area contributed by atoms with Crippen molar-refractivity contribution in [3.63, 3.8) is 0 Å². The molecule has 1 aliphatic heterocycles. The van der Waals surface area contributed by atoms with Gasteiger partial charge in [-0.05, 0) is 48.9 Å². The summed E-state index contributed by atoms with van der Waals surface area (Å²) in [5.74, 6) is 2.38. The molecule has 1 atom stereocenters. The fraction of sp³-hybridized carbons (Fsp3) is 0.419. The third kappa shape index (κ3) is 6.09. The number of hydrogen-bond acceptors (Lipinski definition) is 5. The number of carbonyl (C=O) groups is 1. The summed E-state index contributed by atoms with van der Waals surface area (Å²) in [6, 6.07) is 17.8. The van der Waals surface area contributed by atoms with Crippen LogP contribution in [0.15, 0.2) is 60.8 Å². The van der Waals surface area contributed by atoms with Gasteiger partial charge in [0.1, 0.15) is 11.6 Å². The molecule has 3 heterocycles. The highest BCUT2D eigenvalue weighted by atomic mass is 35.5. The van der Waals surface area contributed by atoms with E-state index in [1.165, 1.54) is 0 Å². The van der Waals surface area contributed by atoms with Gasteiger partial charge in [-0.3, -0.25) is 4.79 Å². The van der Waals surface area contributed by atoms with Gasteiger partial charge >= 0.3 is 0 Å². The second kappa shape index (κ2) is 12.2. The lowest BCUT2D eigenvalue weighted by atomic mass is 9.95. The molecule has 1 aliphatic rings. The van der Waals surface area contributed by atoms with E-state index in [4.69, 9.17) is 26.7 Å². The van der Waals surface area contributed by atoms with E-state index >= 15 is 0 Å². The Morgan fingerprint density at radius 3 is 2.56 bits per heavy atom. The van der Waals surface area contributed by atoms with E-state index in [1.807, 2.05) is 58.2 Å². The molecule has 7 nitrogen and oxygen atoms in total.